The maximum absolute atomic E-state index is 8.79. The van der Waals surface area contributed by atoms with Crippen LogP contribution in [0.5, 0.6) is 0 Å². The molecule has 0 heterocycles. The first-order valence-electron chi connectivity index (χ1n) is 5.07. The molecule has 0 fully saturated rings. The van der Waals surface area contributed by atoms with E-state index in [4.69, 9.17) is 11.0 Å². The van der Waals surface area contributed by atoms with E-state index in [-0.39, 0.29) is 0 Å². The number of hydrogen-bond donors (Lipinski definition) is 1. The topological polar surface area (TPSA) is 49.8 Å². The summed E-state index contributed by atoms with van der Waals surface area (Å²) < 4.78 is 0. The van der Waals surface area contributed by atoms with Gasteiger partial charge in [0.15, 0.2) is 0 Å². The van der Waals surface area contributed by atoms with Crippen LogP contribution < -0.4 is 5.73 Å². The Morgan fingerprint density at radius 2 is 1.62 bits per heavy atom. The molecule has 0 atom stereocenters. The van der Waals surface area contributed by atoms with Crippen molar-refractivity contribution in [3.63, 3.8) is 0 Å². The van der Waals surface area contributed by atoms with Gasteiger partial charge in [-0.2, -0.15) is 5.26 Å². The minimum Gasteiger partial charge on any atom is -0.398 e. The molecule has 2 aromatic rings. The number of aryl methyl sites for hydroxylation is 1. The van der Waals surface area contributed by atoms with Gasteiger partial charge in [0, 0.05) is 0 Å². The first kappa shape index (κ1) is 10.3. The summed E-state index contributed by atoms with van der Waals surface area (Å²) in [7, 11) is 0. The fraction of sp³-hybridized carbons (Fsp3) is 0.0714. The van der Waals surface area contributed by atoms with Gasteiger partial charge >= 0.3 is 0 Å². The average Bonchev–Trinajstić information content (AvgIpc) is 2.30. The predicted octanol–water partition coefficient (Wildman–Crippen LogP) is 3.12. The van der Waals surface area contributed by atoms with Crippen LogP contribution in [0.1, 0.15) is 11.1 Å². The summed E-state index contributed by atoms with van der Waals surface area (Å²) in [6.45, 7) is 2.05. The molecule has 2 N–H and O–H groups in total. The monoisotopic (exact) mass is 208 g/mol. The number of rotatable bonds is 1. The number of nitrogen functional groups attached to an aromatic ring is 1. The predicted molar refractivity (Wildman–Crippen MR) is 65.7 cm³/mol. The Balaban J connectivity index is 2.46. The van der Waals surface area contributed by atoms with E-state index in [0.29, 0.717) is 11.3 Å². The van der Waals surface area contributed by atoms with Crippen molar-refractivity contribution in [2.75, 3.05) is 5.73 Å². The third-order valence-corrected chi connectivity index (χ3v) is 2.56. The smallest absolute Gasteiger partial charge is 0.101 e. The van der Waals surface area contributed by atoms with Crippen molar-refractivity contribution in [1.82, 2.24) is 0 Å². The first-order valence-corrected chi connectivity index (χ1v) is 5.07. The van der Waals surface area contributed by atoms with Gasteiger partial charge < -0.3 is 5.73 Å². The van der Waals surface area contributed by atoms with Crippen LogP contribution in [-0.4, -0.2) is 0 Å². The van der Waals surface area contributed by atoms with Crippen molar-refractivity contribution in [1.29, 1.82) is 5.26 Å². The summed E-state index contributed by atoms with van der Waals surface area (Å²) in [5.74, 6) is 0. The van der Waals surface area contributed by atoms with Crippen LogP contribution in [0.2, 0.25) is 0 Å². The molecule has 0 unspecified atom stereocenters. The van der Waals surface area contributed by atoms with Crippen LogP contribution in [-0.2, 0) is 0 Å². The Morgan fingerprint density at radius 1 is 1.00 bits per heavy atom. The van der Waals surface area contributed by atoms with E-state index >= 15 is 0 Å². The Labute approximate surface area is 95.0 Å². The highest BCUT2D eigenvalue weighted by atomic mass is 14.6. The second-order valence-corrected chi connectivity index (χ2v) is 3.78. The lowest BCUT2D eigenvalue weighted by atomic mass is 10.0. The van der Waals surface area contributed by atoms with E-state index in [0.717, 1.165) is 11.1 Å². The highest BCUT2D eigenvalue weighted by molar-refractivity contribution is 5.70. The third kappa shape index (κ3) is 1.89. The largest absolute Gasteiger partial charge is 0.398 e. The van der Waals surface area contributed by atoms with Gasteiger partial charge in [-0.1, -0.05) is 35.9 Å². The molecule has 0 aromatic heterocycles. The Morgan fingerprint density at radius 3 is 2.19 bits per heavy atom. The molecule has 0 aliphatic rings. The van der Waals surface area contributed by atoms with E-state index in [1.165, 1.54) is 5.56 Å². The van der Waals surface area contributed by atoms with E-state index in [1.54, 1.807) is 6.07 Å². The summed E-state index contributed by atoms with van der Waals surface area (Å²) in [6, 6.07) is 15.8. The van der Waals surface area contributed by atoms with Gasteiger partial charge in [0.05, 0.1) is 11.3 Å². The van der Waals surface area contributed by atoms with Gasteiger partial charge in [-0.15, -0.1) is 0 Å². The lowest BCUT2D eigenvalue weighted by Crippen LogP contribution is -1.90. The fourth-order valence-corrected chi connectivity index (χ4v) is 1.59. The Hall–Kier alpha value is -2.27. The van der Waals surface area contributed by atoms with Crippen LogP contribution in [0, 0.1) is 18.3 Å². The zero-order chi connectivity index (χ0) is 11.5. The van der Waals surface area contributed by atoms with E-state index < -0.39 is 0 Å². The number of nitrogens with two attached hydrogens (primary N) is 1. The van der Waals surface area contributed by atoms with Gasteiger partial charge in [-0.3, -0.25) is 0 Å². The molecule has 0 saturated heterocycles. The van der Waals surface area contributed by atoms with E-state index in [9.17, 15) is 0 Å². The van der Waals surface area contributed by atoms with Crippen molar-refractivity contribution in [3.8, 4) is 17.2 Å². The number of anilines is 1. The lowest BCUT2D eigenvalue weighted by Gasteiger charge is -2.04. The molecule has 0 amide bonds. The number of nitriles is 1. The highest BCUT2D eigenvalue weighted by Crippen LogP contribution is 2.23. The van der Waals surface area contributed by atoms with Crippen molar-refractivity contribution in [2.45, 2.75) is 6.92 Å². The van der Waals surface area contributed by atoms with E-state index in [1.807, 2.05) is 12.1 Å². The second kappa shape index (κ2) is 4.08. The highest BCUT2D eigenvalue weighted by Gasteiger charge is 2.01. The summed E-state index contributed by atoms with van der Waals surface area (Å²) in [5.41, 5.74) is 10.2. The van der Waals surface area contributed by atoms with Crippen molar-refractivity contribution >= 4 is 5.69 Å². The molecule has 0 aliphatic heterocycles. The molecule has 16 heavy (non-hydrogen) atoms. The zero-order valence-corrected chi connectivity index (χ0v) is 9.07. The SMILES string of the molecule is Cc1ccc(-c2ccc(C#N)c(N)c2)cc1. The molecule has 0 aliphatic carbocycles. The number of benzene rings is 2. The minimum absolute atomic E-state index is 0.524. The van der Waals surface area contributed by atoms with Crippen LogP contribution >= 0.6 is 0 Å². The van der Waals surface area contributed by atoms with Crippen molar-refractivity contribution < 1.29 is 0 Å². The maximum Gasteiger partial charge on any atom is 0.101 e. The summed E-state index contributed by atoms with van der Waals surface area (Å²) in [4.78, 5) is 0. The Kier molecular flexibility index (Phi) is 2.61. The molecule has 2 rings (SSSR count). The molecule has 0 bridgehead atoms. The fourth-order valence-electron chi connectivity index (χ4n) is 1.59. The molecule has 2 nitrogen and oxygen atoms in total. The van der Waals surface area contributed by atoms with Gasteiger partial charge in [0.2, 0.25) is 0 Å². The van der Waals surface area contributed by atoms with Gasteiger partial charge in [0.25, 0.3) is 0 Å². The molecule has 0 saturated carbocycles. The van der Waals surface area contributed by atoms with E-state index in [2.05, 4.69) is 37.3 Å². The van der Waals surface area contributed by atoms with Crippen molar-refractivity contribution in [2.24, 2.45) is 0 Å². The standard InChI is InChI=1S/C14H12N2/c1-10-2-4-11(5-3-10)12-6-7-13(9-15)14(16)8-12/h2-8H,16H2,1H3. The van der Waals surface area contributed by atoms with Crippen LogP contribution in [0.25, 0.3) is 11.1 Å². The van der Waals surface area contributed by atoms with Gasteiger partial charge in [0.1, 0.15) is 6.07 Å². The molecule has 2 heteroatoms. The first-order chi connectivity index (χ1) is 7.70. The summed E-state index contributed by atoms with van der Waals surface area (Å²) in [5, 5.41) is 8.79. The minimum atomic E-state index is 0.524. The number of nitrogens with zero attached hydrogens (tertiary/aromatic N) is 1. The molecule has 0 spiro atoms. The molecular weight excluding hydrogens is 196 g/mol. The maximum atomic E-state index is 8.79. The van der Waals surface area contributed by atoms with Crippen LogP contribution in [0.4, 0.5) is 5.69 Å². The summed E-state index contributed by atoms with van der Waals surface area (Å²) in [6.07, 6.45) is 0. The van der Waals surface area contributed by atoms with Gasteiger partial charge in [-0.05, 0) is 30.2 Å². The summed E-state index contributed by atoms with van der Waals surface area (Å²) >= 11 is 0. The Bertz CT molecular complexity index is 548. The second-order valence-electron chi connectivity index (χ2n) is 3.78. The lowest BCUT2D eigenvalue weighted by molar-refractivity contribution is 1.46. The van der Waals surface area contributed by atoms with Crippen LogP contribution in [0.3, 0.4) is 0 Å². The quantitative estimate of drug-likeness (QED) is 0.732. The van der Waals surface area contributed by atoms with Gasteiger partial charge in [-0.25, -0.2) is 0 Å². The van der Waals surface area contributed by atoms with Crippen LogP contribution in [0.15, 0.2) is 42.5 Å². The molecule has 78 valence electrons. The molecular formula is C14H12N2. The molecule has 2 aromatic carbocycles. The normalized spacial score (nSPS) is 9.75. The van der Waals surface area contributed by atoms with Crippen molar-refractivity contribution in [3.05, 3.63) is 53.6 Å². The zero-order valence-electron chi connectivity index (χ0n) is 9.07. The third-order valence-electron chi connectivity index (χ3n) is 2.56. The average molecular weight is 208 g/mol. The molecule has 0 radical (unpaired) electrons. The number of hydrogen-bond acceptors (Lipinski definition) is 2.